The number of hydrogen-bond acceptors (Lipinski definition) is 4. The lowest BCUT2D eigenvalue weighted by molar-refractivity contribution is -0.137. The van der Waals surface area contributed by atoms with Gasteiger partial charge in [0, 0.05) is 11.6 Å². The molecule has 0 aromatic heterocycles. The van der Waals surface area contributed by atoms with E-state index in [-0.39, 0.29) is 29.4 Å². The van der Waals surface area contributed by atoms with Crippen LogP contribution in [0.2, 0.25) is 5.02 Å². The summed E-state index contributed by atoms with van der Waals surface area (Å²) in [7, 11) is -3.58. The molecule has 0 spiro atoms. The van der Waals surface area contributed by atoms with Crippen molar-refractivity contribution in [3.8, 4) is 0 Å². The van der Waals surface area contributed by atoms with Crippen LogP contribution in [0.1, 0.15) is 12.5 Å². The van der Waals surface area contributed by atoms with E-state index in [4.69, 9.17) is 11.6 Å². The Morgan fingerprint density at radius 2 is 1.72 bits per heavy atom. The van der Waals surface area contributed by atoms with Crippen LogP contribution in [0.25, 0.3) is 0 Å². The monoisotopic (exact) mass is 448 g/mol. The quantitative estimate of drug-likeness (QED) is 0.660. The van der Waals surface area contributed by atoms with Crippen LogP contribution in [0.3, 0.4) is 0 Å². The van der Waals surface area contributed by atoms with Crippen LogP contribution in [0.5, 0.6) is 0 Å². The van der Waals surface area contributed by atoms with Gasteiger partial charge >= 0.3 is 6.18 Å². The standard InChI is InChI=1S/C19H20ClF3N2O3S/c1-2-25(11-12-29(27,28)15-9-7-14(20)8-10-15)13-18(26)24-17-6-4-3-5-16(17)19(21,22)23/h3-10H,2,11-13H2,1H3,(H,24,26). The fraction of sp³-hybridized carbons (Fsp3) is 0.316. The SMILES string of the molecule is CCN(CCS(=O)(=O)c1ccc(Cl)cc1)CC(=O)Nc1ccccc1C(F)(F)F. The van der Waals surface area contributed by atoms with Crippen LogP contribution in [-0.2, 0) is 20.8 Å². The molecule has 5 nitrogen and oxygen atoms in total. The number of amides is 1. The van der Waals surface area contributed by atoms with E-state index in [0.29, 0.717) is 11.6 Å². The molecule has 29 heavy (non-hydrogen) atoms. The molecule has 0 aliphatic heterocycles. The Bertz CT molecular complexity index is 948. The molecule has 0 unspecified atom stereocenters. The lowest BCUT2D eigenvalue weighted by Crippen LogP contribution is -2.36. The highest BCUT2D eigenvalue weighted by Gasteiger charge is 2.33. The van der Waals surface area contributed by atoms with Gasteiger partial charge in [0.05, 0.1) is 28.4 Å². The summed E-state index contributed by atoms with van der Waals surface area (Å²) in [5.74, 6) is -0.901. The number of benzene rings is 2. The second-order valence-corrected chi connectivity index (χ2v) is 8.78. The van der Waals surface area contributed by atoms with E-state index in [1.54, 1.807) is 11.8 Å². The number of nitrogens with zero attached hydrogens (tertiary/aromatic N) is 1. The summed E-state index contributed by atoms with van der Waals surface area (Å²) in [5.41, 5.74) is -1.28. The van der Waals surface area contributed by atoms with Crippen molar-refractivity contribution in [2.75, 3.05) is 30.7 Å². The molecule has 0 atom stereocenters. The number of carbonyl (C=O) groups is 1. The number of carbonyl (C=O) groups excluding carboxylic acids is 1. The molecule has 1 amide bonds. The average Bonchev–Trinajstić information content (AvgIpc) is 2.65. The predicted molar refractivity (Wildman–Crippen MR) is 106 cm³/mol. The highest BCUT2D eigenvalue weighted by atomic mass is 35.5. The van der Waals surface area contributed by atoms with E-state index < -0.39 is 27.5 Å². The first-order chi connectivity index (χ1) is 13.5. The summed E-state index contributed by atoms with van der Waals surface area (Å²) in [6, 6.07) is 10.4. The van der Waals surface area contributed by atoms with Crippen molar-refractivity contribution < 1.29 is 26.4 Å². The summed E-state index contributed by atoms with van der Waals surface area (Å²) in [4.78, 5) is 13.9. The lowest BCUT2D eigenvalue weighted by atomic mass is 10.1. The highest BCUT2D eigenvalue weighted by molar-refractivity contribution is 7.91. The first-order valence-electron chi connectivity index (χ1n) is 8.69. The van der Waals surface area contributed by atoms with E-state index in [1.807, 2.05) is 0 Å². The maximum atomic E-state index is 13.0. The molecule has 2 rings (SSSR count). The van der Waals surface area contributed by atoms with Crippen molar-refractivity contribution in [3.05, 3.63) is 59.1 Å². The van der Waals surface area contributed by atoms with Crippen molar-refractivity contribution in [3.63, 3.8) is 0 Å². The zero-order valence-corrected chi connectivity index (χ0v) is 17.1. The van der Waals surface area contributed by atoms with Crippen LogP contribution < -0.4 is 5.32 Å². The maximum Gasteiger partial charge on any atom is 0.418 e. The molecule has 0 aliphatic rings. The van der Waals surface area contributed by atoms with Crippen LogP contribution in [-0.4, -0.2) is 44.6 Å². The normalized spacial score (nSPS) is 12.2. The van der Waals surface area contributed by atoms with Gasteiger partial charge in [0.15, 0.2) is 9.84 Å². The first kappa shape index (κ1) is 23.2. The van der Waals surface area contributed by atoms with Gasteiger partial charge in [-0.3, -0.25) is 9.69 Å². The molecule has 2 aromatic carbocycles. The molecular weight excluding hydrogens is 429 g/mol. The summed E-state index contributed by atoms with van der Waals surface area (Å²) in [6.45, 7) is 1.89. The summed E-state index contributed by atoms with van der Waals surface area (Å²) in [5, 5.41) is 2.66. The largest absolute Gasteiger partial charge is 0.418 e. The molecule has 0 fully saturated rings. The van der Waals surface area contributed by atoms with Crippen molar-refractivity contribution in [1.29, 1.82) is 0 Å². The minimum absolute atomic E-state index is 0.0514. The molecule has 1 N–H and O–H groups in total. The number of rotatable bonds is 8. The Labute approximate surface area is 172 Å². The first-order valence-corrected chi connectivity index (χ1v) is 10.7. The number of alkyl halides is 3. The van der Waals surface area contributed by atoms with Crippen LogP contribution >= 0.6 is 11.6 Å². The number of likely N-dealkylation sites (N-methyl/N-ethyl adjacent to an activating group) is 1. The molecule has 2 aromatic rings. The number of nitrogens with one attached hydrogen (secondary N) is 1. The molecular formula is C19H20ClF3N2O3S. The van der Waals surface area contributed by atoms with Crippen LogP contribution in [0.4, 0.5) is 18.9 Å². The lowest BCUT2D eigenvalue weighted by Gasteiger charge is -2.20. The van der Waals surface area contributed by atoms with Crippen molar-refractivity contribution in [2.45, 2.75) is 18.0 Å². The van der Waals surface area contributed by atoms with E-state index in [9.17, 15) is 26.4 Å². The minimum atomic E-state index is -4.60. The second kappa shape index (κ2) is 9.60. The number of para-hydroxylation sites is 1. The van der Waals surface area contributed by atoms with E-state index >= 15 is 0 Å². The van der Waals surface area contributed by atoms with Gasteiger partial charge in [-0.2, -0.15) is 13.2 Å². The fourth-order valence-corrected chi connectivity index (χ4v) is 4.00. The van der Waals surface area contributed by atoms with Gasteiger partial charge in [-0.1, -0.05) is 30.7 Å². The smallest absolute Gasteiger partial charge is 0.324 e. The highest BCUT2D eigenvalue weighted by Crippen LogP contribution is 2.34. The van der Waals surface area contributed by atoms with Gasteiger partial charge in [0.2, 0.25) is 5.91 Å². The molecule has 10 heteroatoms. The zero-order valence-electron chi connectivity index (χ0n) is 15.5. The Morgan fingerprint density at radius 3 is 2.31 bits per heavy atom. The molecule has 0 radical (unpaired) electrons. The van der Waals surface area contributed by atoms with Gasteiger partial charge in [0.25, 0.3) is 0 Å². The summed E-state index contributed by atoms with van der Waals surface area (Å²) in [6.07, 6.45) is -4.60. The number of sulfone groups is 1. The second-order valence-electron chi connectivity index (χ2n) is 6.23. The van der Waals surface area contributed by atoms with Crippen molar-refractivity contribution >= 4 is 33.0 Å². The predicted octanol–water partition coefficient (Wildman–Crippen LogP) is 4.09. The van der Waals surface area contributed by atoms with Crippen molar-refractivity contribution in [1.82, 2.24) is 4.90 Å². The zero-order chi connectivity index (χ0) is 21.7. The minimum Gasteiger partial charge on any atom is -0.324 e. The number of hydrogen-bond donors (Lipinski definition) is 1. The van der Waals surface area contributed by atoms with E-state index in [2.05, 4.69) is 5.32 Å². The Hall–Kier alpha value is -2.10. The molecule has 0 saturated carbocycles. The number of anilines is 1. The van der Waals surface area contributed by atoms with Crippen molar-refractivity contribution in [2.24, 2.45) is 0 Å². The van der Waals surface area contributed by atoms with E-state index in [0.717, 1.165) is 6.07 Å². The van der Waals surface area contributed by atoms with Gasteiger partial charge in [-0.25, -0.2) is 8.42 Å². The molecule has 0 heterocycles. The molecule has 0 saturated heterocycles. The van der Waals surface area contributed by atoms with E-state index in [1.165, 1.54) is 42.5 Å². The average molecular weight is 449 g/mol. The van der Waals surface area contributed by atoms with Gasteiger partial charge < -0.3 is 5.32 Å². The molecule has 0 aliphatic carbocycles. The summed E-state index contributed by atoms with van der Waals surface area (Å²) >= 11 is 5.76. The number of halogens is 4. The maximum absolute atomic E-state index is 13.0. The molecule has 0 bridgehead atoms. The van der Waals surface area contributed by atoms with Gasteiger partial charge in [0.1, 0.15) is 0 Å². The third-order valence-electron chi connectivity index (χ3n) is 4.17. The van der Waals surface area contributed by atoms with Gasteiger partial charge in [-0.05, 0) is 42.9 Å². The third kappa shape index (κ3) is 6.73. The topological polar surface area (TPSA) is 66.5 Å². The Kier molecular flexibility index (Phi) is 7.67. The Morgan fingerprint density at radius 1 is 1.10 bits per heavy atom. The fourth-order valence-electron chi connectivity index (χ4n) is 2.59. The summed E-state index contributed by atoms with van der Waals surface area (Å²) < 4.78 is 63.9. The van der Waals surface area contributed by atoms with Gasteiger partial charge in [-0.15, -0.1) is 0 Å². The third-order valence-corrected chi connectivity index (χ3v) is 6.13. The molecule has 158 valence electrons. The Balaban J connectivity index is 2.00. The van der Waals surface area contributed by atoms with Crippen LogP contribution in [0, 0.1) is 0 Å². The van der Waals surface area contributed by atoms with Crippen LogP contribution in [0.15, 0.2) is 53.4 Å².